The molecular weight excluding hydrogens is 194 g/mol. The molecule has 0 aliphatic heterocycles. The average Bonchev–Trinajstić information content (AvgIpc) is 2.47. The minimum atomic E-state index is -0.370. The maximum atomic E-state index is 11.1. The number of amides is 1. The van der Waals surface area contributed by atoms with Crippen molar-refractivity contribution >= 4 is 29.4 Å². The zero-order valence-corrected chi connectivity index (χ0v) is 8.25. The lowest BCUT2D eigenvalue weighted by Crippen LogP contribution is -2.11. The van der Waals surface area contributed by atoms with Gasteiger partial charge >= 0.3 is 0 Å². The fourth-order valence-corrected chi connectivity index (χ4v) is 2.25. The number of primary amides is 1. The largest absolute Gasteiger partial charge is 0.366 e. The normalized spacial score (nSPS) is 20.3. The van der Waals surface area contributed by atoms with E-state index in [9.17, 15) is 4.79 Å². The third-order valence-corrected chi connectivity index (χ3v) is 2.93. The fourth-order valence-electron chi connectivity index (χ4n) is 1.30. The van der Waals surface area contributed by atoms with E-state index >= 15 is 0 Å². The van der Waals surface area contributed by atoms with Crippen LogP contribution in [-0.4, -0.2) is 5.91 Å². The van der Waals surface area contributed by atoms with Gasteiger partial charge in [0.25, 0.3) is 0 Å². The average molecular weight is 203 g/mol. The van der Waals surface area contributed by atoms with Crippen molar-refractivity contribution < 1.29 is 4.79 Å². The van der Waals surface area contributed by atoms with Gasteiger partial charge in [-0.2, -0.15) is 0 Å². The maximum Gasteiger partial charge on any atom is 0.250 e. The zero-order chi connectivity index (χ0) is 9.97. The standard InChI is InChI=1S/C11H9NOS/c12-11(13)9-7-14-10-6-4-2-1-3-5-8(9)10/h1-7H,(H2,12,13)/b2-1-,3-1?,4-2?,5-3-,6-4-,8-5?,10-6?. The van der Waals surface area contributed by atoms with Crippen LogP contribution in [0.3, 0.4) is 0 Å². The highest BCUT2D eigenvalue weighted by Gasteiger charge is 2.11. The molecular formula is C11H9NOS. The van der Waals surface area contributed by atoms with Crippen molar-refractivity contribution in [2.45, 2.75) is 0 Å². The third kappa shape index (κ3) is 1.54. The van der Waals surface area contributed by atoms with Crippen molar-refractivity contribution in [3.05, 3.63) is 45.7 Å². The number of nitrogens with two attached hydrogens (primary N) is 1. The summed E-state index contributed by atoms with van der Waals surface area (Å²) in [6.45, 7) is 0. The fraction of sp³-hybridized carbons (Fsp3) is 0. The van der Waals surface area contributed by atoms with E-state index in [4.69, 9.17) is 5.73 Å². The van der Waals surface area contributed by atoms with Gasteiger partial charge in [0.1, 0.15) is 0 Å². The molecule has 3 heteroatoms. The Labute approximate surface area is 86.1 Å². The molecule has 1 aliphatic carbocycles. The third-order valence-electron chi connectivity index (χ3n) is 1.97. The molecule has 0 bridgehead atoms. The van der Waals surface area contributed by atoms with Gasteiger partial charge in [0.2, 0.25) is 5.91 Å². The van der Waals surface area contributed by atoms with E-state index in [0.717, 1.165) is 10.4 Å². The van der Waals surface area contributed by atoms with Gasteiger partial charge in [0, 0.05) is 15.8 Å². The Morgan fingerprint density at radius 2 is 1.86 bits per heavy atom. The minimum absolute atomic E-state index is 0.370. The maximum absolute atomic E-state index is 11.1. The molecule has 70 valence electrons. The molecule has 1 aromatic heterocycles. The Kier molecular flexibility index (Phi) is 2.33. The molecule has 14 heavy (non-hydrogen) atoms. The summed E-state index contributed by atoms with van der Waals surface area (Å²) in [5.41, 5.74) is 6.78. The van der Waals surface area contributed by atoms with Crippen LogP contribution in [0.1, 0.15) is 20.8 Å². The van der Waals surface area contributed by atoms with E-state index in [-0.39, 0.29) is 5.91 Å². The first-order valence-corrected chi connectivity index (χ1v) is 5.09. The smallest absolute Gasteiger partial charge is 0.250 e. The molecule has 0 unspecified atom stereocenters. The summed E-state index contributed by atoms with van der Waals surface area (Å²) in [5, 5.41) is 1.80. The van der Waals surface area contributed by atoms with E-state index in [1.54, 1.807) is 5.38 Å². The summed E-state index contributed by atoms with van der Waals surface area (Å²) in [5.74, 6) is -0.370. The predicted molar refractivity (Wildman–Crippen MR) is 60.0 cm³/mol. The van der Waals surface area contributed by atoms with Crippen LogP contribution in [0.15, 0.2) is 29.7 Å². The Morgan fingerprint density at radius 1 is 1.14 bits per heavy atom. The van der Waals surface area contributed by atoms with Crippen molar-refractivity contribution in [3.63, 3.8) is 0 Å². The van der Waals surface area contributed by atoms with Gasteiger partial charge in [-0.25, -0.2) is 0 Å². The molecule has 1 amide bonds. The first-order valence-electron chi connectivity index (χ1n) is 4.22. The lowest BCUT2D eigenvalue weighted by molar-refractivity contribution is 0.100. The van der Waals surface area contributed by atoms with Gasteiger partial charge in [-0.3, -0.25) is 4.79 Å². The highest BCUT2D eigenvalue weighted by Crippen LogP contribution is 2.26. The molecule has 2 nitrogen and oxygen atoms in total. The topological polar surface area (TPSA) is 43.1 Å². The summed E-state index contributed by atoms with van der Waals surface area (Å²) in [6, 6.07) is 0. The molecule has 0 saturated heterocycles. The van der Waals surface area contributed by atoms with Crippen molar-refractivity contribution in [2.75, 3.05) is 0 Å². The molecule has 2 rings (SSSR count). The summed E-state index contributed by atoms with van der Waals surface area (Å²) < 4.78 is 0. The van der Waals surface area contributed by atoms with Crippen LogP contribution in [0, 0.1) is 0 Å². The Bertz CT molecular complexity index is 452. The number of allylic oxidation sites excluding steroid dienone is 4. The van der Waals surface area contributed by atoms with Gasteiger partial charge in [-0.15, -0.1) is 11.3 Å². The number of fused-ring (bicyclic) bond motifs is 1. The second-order valence-corrected chi connectivity index (χ2v) is 3.81. The highest BCUT2D eigenvalue weighted by atomic mass is 32.1. The number of carbonyl (C=O) groups excluding carboxylic acids is 1. The SMILES string of the molecule is NC(=O)c1csc2c1\C=C/C=C\C=C/2. The summed E-state index contributed by atoms with van der Waals surface area (Å²) in [7, 11) is 0. The lowest BCUT2D eigenvalue weighted by Gasteiger charge is -1.97. The Balaban J connectivity index is 2.57. The van der Waals surface area contributed by atoms with Crippen LogP contribution < -0.4 is 5.73 Å². The summed E-state index contributed by atoms with van der Waals surface area (Å²) in [6.07, 6.45) is 11.6. The van der Waals surface area contributed by atoms with Crippen LogP contribution in [0.2, 0.25) is 0 Å². The molecule has 0 spiro atoms. The van der Waals surface area contributed by atoms with E-state index in [2.05, 4.69) is 0 Å². The monoisotopic (exact) mass is 203 g/mol. The van der Waals surface area contributed by atoms with Gasteiger partial charge in [0.15, 0.2) is 0 Å². The van der Waals surface area contributed by atoms with Crippen LogP contribution in [-0.2, 0) is 0 Å². The Morgan fingerprint density at radius 3 is 2.57 bits per heavy atom. The lowest BCUT2D eigenvalue weighted by atomic mass is 10.1. The summed E-state index contributed by atoms with van der Waals surface area (Å²) >= 11 is 1.53. The predicted octanol–water partition coefficient (Wildman–Crippen LogP) is 2.44. The van der Waals surface area contributed by atoms with Crippen LogP contribution >= 0.6 is 11.3 Å². The molecule has 1 aromatic rings. The van der Waals surface area contributed by atoms with E-state index in [1.165, 1.54) is 11.3 Å². The van der Waals surface area contributed by atoms with Crippen LogP contribution in [0.5, 0.6) is 0 Å². The molecule has 0 radical (unpaired) electrons. The van der Waals surface area contributed by atoms with Crippen molar-refractivity contribution in [2.24, 2.45) is 5.73 Å². The quantitative estimate of drug-likeness (QED) is 0.748. The van der Waals surface area contributed by atoms with Gasteiger partial charge < -0.3 is 5.73 Å². The highest BCUT2D eigenvalue weighted by molar-refractivity contribution is 7.11. The zero-order valence-electron chi connectivity index (χ0n) is 7.44. The van der Waals surface area contributed by atoms with Crippen LogP contribution in [0.25, 0.3) is 12.2 Å². The molecule has 0 saturated carbocycles. The molecule has 1 heterocycles. The first kappa shape index (κ1) is 8.97. The second kappa shape index (κ2) is 3.64. The number of carbonyl (C=O) groups is 1. The second-order valence-electron chi connectivity index (χ2n) is 2.89. The number of thiophene rings is 1. The first-order chi connectivity index (χ1) is 6.79. The Hall–Kier alpha value is -1.61. The number of rotatable bonds is 1. The molecule has 2 N–H and O–H groups in total. The van der Waals surface area contributed by atoms with Gasteiger partial charge in [-0.05, 0) is 6.08 Å². The number of hydrogen-bond donors (Lipinski definition) is 1. The van der Waals surface area contributed by atoms with Crippen molar-refractivity contribution in [3.8, 4) is 0 Å². The van der Waals surface area contributed by atoms with E-state index < -0.39 is 0 Å². The van der Waals surface area contributed by atoms with Crippen molar-refractivity contribution in [1.82, 2.24) is 0 Å². The van der Waals surface area contributed by atoms with Gasteiger partial charge in [0.05, 0.1) is 5.56 Å². The summed E-state index contributed by atoms with van der Waals surface area (Å²) in [4.78, 5) is 12.2. The van der Waals surface area contributed by atoms with E-state index in [0.29, 0.717) is 5.56 Å². The molecule has 1 aliphatic rings. The van der Waals surface area contributed by atoms with Gasteiger partial charge in [-0.1, -0.05) is 30.4 Å². The van der Waals surface area contributed by atoms with Crippen molar-refractivity contribution in [1.29, 1.82) is 0 Å². The van der Waals surface area contributed by atoms with E-state index in [1.807, 2.05) is 36.5 Å². The molecule has 0 aromatic carbocycles. The minimum Gasteiger partial charge on any atom is -0.366 e. The molecule has 0 atom stereocenters. The number of hydrogen-bond acceptors (Lipinski definition) is 2. The molecule has 0 fully saturated rings. The van der Waals surface area contributed by atoms with Crippen LogP contribution in [0.4, 0.5) is 0 Å².